The summed E-state index contributed by atoms with van der Waals surface area (Å²) in [5.41, 5.74) is 6.21. The summed E-state index contributed by atoms with van der Waals surface area (Å²) in [6.07, 6.45) is 3.23. The molecule has 0 unspecified atom stereocenters. The fourth-order valence-corrected chi connectivity index (χ4v) is 1.51. The molecule has 0 aromatic carbocycles. The molecule has 5 heteroatoms. The van der Waals surface area contributed by atoms with Crippen LogP contribution in [-0.4, -0.2) is 23.0 Å². The van der Waals surface area contributed by atoms with Crippen molar-refractivity contribution < 1.29 is 4.79 Å². The van der Waals surface area contributed by atoms with Gasteiger partial charge in [0.1, 0.15) is 5.69 Å². The topological polar surface area (TPSA) is 70.9 Å². The number of rotatable bonds is 5. The van der Waals surface area contributed by atoms with Gasteiger partial charge in [0.05, 0.1) is 5.02 Å². The molecular formula is C11H18ClN3O. The lowest BCUT2D eigenvalue weighted by molar-refractivity contribution is 0.0938. The molecule has 0 radical (unpaired) electrons. The van der Waals surface area contributed by atoms with Gasteiger partial charge in [-0.1, -0.05) is 25.4 Å². The highest BCUT2D eigenvalue weighted by atomic mass is 35.5. The van der Waals surface area contributed by atoms with Crippen molar-refractivity contribution in [3.63, 3.8) is 0 Å². The number of carbonyl (C=O) groups excluding carboxylic acids is 1. The normalized spacial score (nSPS) is 11.5. The molecule has 0 fully saturated rings. The van der Waals surface area contributed by atoms with Crippen molar-refractivity contribution >= 4 is 17.5 Å². The minimum absolute atomic E-state index is 0.177. The number of hydrogen-bond acceptors (Lipinski definition) is 2. The van der Waals surface area contributed by atoms with Gasteiger partial charge in [0.2, 0.25) is 0 Å². The summed E-state index contributed by atoms with van der Waals surface area (Å²) in [4.78, 5) is 14.5. The van der Waals surface area contributed by atoms with E-state index in [4.69, 9.17) is 17.3 Å². The number of aromatic nitrogens is 1. The van der Waals surface area contributed by atoms with Gasteiger partial charge in [-0.05, 0) is 18.9 Å². The largest absolute Gasteiger partial charge is 0.356 e. The molecule has 0 saturated carbocycles. The summed E-state index contributed by atoms with van der Waals surface area (Å²) in [5, 5.41) is 3.32. The van der Waals surface area contributed by atoms with E-state index in [1.54, 1.807) is 12.3 Å². The minimum atomic E-state index is -0.327. The summed E-state index contributed by atoms with van der Waals surface area (Å²) in [5.74, 6) is -0.177. The standard InChI is InChI=1S/C11H18ClN3O/c1-3-11(13,4-2)7-15-10(16)9-5-8(12)6-14-9/h5-6,14H,3-4,7,13H2,1-2H3,(H,15,16). The van der Waals surface area contributed by atoms with E-state index in [1.165, 1.54) is 0 Å². The molecule has 16 heavy (non-hydrogen) atoms. The van der Waals surface area contributed by atoms with E-state index in [-0.39, 0.29) is 11.4 Å². The first kappa shape index (κ1) is 13.1. The summed E-state index contributed by atoms with van der Waals surface area (Å²) >= 11 is 5.71. The number of H-pyrrole nitrogens is 1. The Balaban J connectivity index is 2.53. The van der Waals surface area contributed by atoms with Gasteiger partial charge in [0.25, 0.3) is 5.91 Å². The fourth-order valence-electron chi connectivity index (χ4n) is 1.35. The average molecular weight is 244 g/mol. The van der Waals surface area contributed by atoms with E-state index >= 15 is 0 Å². The highest BCUT2D eigenvalue weighted by Crippen LogP contribution is 2.11. The fraction of sp³-hybridized carbons (Fsp3) is 0.545. The van der Waals surface area contributed by atoms with Crippen molar-refractivity contribution in [2.75, 3.05) is 6.54 Å². The molecule has 0 saturated heterocycles. The lowest BCUT2D eigenvalue weighted by Crippen LogP contribution is -2.49. The number of nitrogens with one attached hydrogen (secondary N) is 2. The van der Waals surface area contributed by atoms with Crippen LogP contribution in [-0.2, 0) is 0 Å². The van der Waals surface area contributed by atoms with E-state index in [1.807, 2.05) is 13.8 Å². The van der Waals surface area contributed by atoms with Crippen LogP contribution in [0.25, 0.3) is 0 Å². The van der Waals surface area contributed by atoms with E-state index < -0.39 is 0 Å². The maximum Gasteiger partial charge on any atom is 0.267 e. The van der Waals surface area contributed by atoms with Crippen molar-refractivity contribution in [3.05, 3.63) is 23.0 Å². The highest BCUT2D eigenvalue weighted by molar-refractivity contribution is 6.30. The molecule has 0 aliphatic rings. The molecule has 1 heterocycles. The van der Waals surface area contributed by atoms with Gasteiger partial charge >= 0.3 is 0 Å². The number of carbonyl (C=O) groups is 1. The summed E-state index contributed by atoms with van der Waals surface area (Å²) in [6, 6.07) is 1.59. The Hall–Kier alpha value is -1.00. The lowest BCUT2D eigenvalue weighted by Gasteiger charge is -2.26. The zero-order chi connectivity index (χ0) is 12.2. The van der Waals surface area contributed by atoms with Crippen LogP contribution in [0.1, 0.15) is 37.2 Å². The molecule has 1 aromatic heterocycles. The van der Waals surface area contributed by atoms with Gasteiger partial charge in [-0.3, -0.25) is 4.79 Å². The number of halogens is 1. The molecule has 0 aliphatic heterocycles. The Morgan fingerprint density at radius 2 is 2.19 bits per heavy atom. The molecule has 1 aromatic rings. The SMILES string of the molecule is CCC(N)(CC)CNC(=O)c1cc(Cl)c[nH]1. The summed E-state index contributed by atoms with van der Waals surface area (Å²) in [7, 11) is 0. The molecule has 0 bridgehead atoms. The second kappa shape index (κ2) is 5.37. The van der Waals surface area contributed by atoms with Crippen LogP contribution < -0.4 is 11.1 Å². The highest BCUT2D eigenvalue weighted by Gasteiger charge is 2.21. The second-order valence-electron chi connectivity index (χ2n) is 3.98. The quantitative estimate of drug-likeness (QED) is 0.739. The maximum absolute atomic E-state index is 11.7. The lowest BCUT2D eigenvalue weighted by atomic mass is 9.94. The van der Waals surface area contributed by atoms with Crippen LogP contribution in [0.4, 0.5) is 0 Å². The van der Waals surface area contributed by atoms with E-state index in [9.17, 15) is 4.79 Å². The van der Waals surface area contributed by atoms with Gasteiger partial charge in [-0.25, -0.2) is 0 Å². The third-order valence-electron chi connectivity index (χ3n) is 2.90. The zero-order valence-corrected chi connectivity index (χ0v) is 10.4. The predicted molar refractivity (Wildman–Crippen MR) is 65.6 cm³/mol. The summed E-state index contributed by atoms with van der Waals surface area (Å²) in [6.45, 7) is 4.50. The Kier molecular flexibility index (Phi) is 4.38. The number of aromatic amines is 1. The molecule has 4 nitrogen and oxygen atoms in total. The van der Waals surface area contributed by atoms with Crippen molar-refractivity contribution in [2.45, 2.75) is 32.2 Å². The summed E-state index contributed by atoms with van der Waals surface area (Å²) < 4.78 is 0. The Bertz CT molecular complexity index is 358. The first-order valence-electron chi connectivity index (χ1n) is 5.41. The van der Waals surface area contributed by atoms with Crippen molar-refractivity contribution in [1.82, 2.24) is 10.3 Å². The van der Waals surface area contributed by atoms with E-state index in [0.29, 0.717) is 17.3 Å². The van der Waals surface area contributed by atoms with Crippen LogP contribution in [0, 0.1) is 0 Å². The van der Waals surface area contributed by atoms with Gasteiger partial charge in [0, 0.05) is 18.3 Å². The van der Waals surface area contributed by atoms with E-state index in [2.05, 4.69) is 10.3 Å². The van der Waals surface area contributed by atoms with Crippen LogP contribution in [0.3, 0.4) is 0 Å². The maximum atomic E-state index is 11.7. The third kappa shape index (κ3) is 3.25. The monoisotopic (exact) mass is 243 g/mol. The zero-order valence-electron chi connectivity index (χ0n) is 9.64. The van der Waals surface area contributed by atoms with Crippen LogP contribution in [0.2, 0.25) is 5.02 Å². The molecule has 1 rings (SSSR count). The smallest absolute Gasteiger partial charge is 0.267 e. The van der Waals surface area contributed by atoms with E-state index in [0.717, 1.165) is 12.8 Å². The Labute approximate surface area is 101 Å². The molecule has 4 N–H and O–H groups in total. The van der Waals surface area contributed by atoms with Crippen LogP contribution in [0.15, 0.2) is 12.3 Å². The average Bonchev–Trinajstić information content (AvgIpc) is 2.72. The molecular weight excluding hydrogens is 226 g/mol. The van der Waals surface area contributed by atoms with Gasteiger partial charge in [0.15, 0.2) is 0 Å². The predicted octanol–water partition coefficient (Wildman–Crippen LogP) is 1.92. The number of nitrogens with two attached hydrogens (primary N) is 1. The molecule has 0 spiro atoms. The Morgan fingerprint density at radius 3 is 2.62 bits per heavy atom. The number of amides is 1. The van der Waals surface area contributed by atoms with Gasteiger partial charge in [-0.2, -0.15) is 0 Å². The van der Waals surface area contributed by atoms with Crippen LogP contribution in [0.5, 0.6) is 0 Å². The third-order valence-corrected chi connectivity index (χ3v) is 3.12. The first-order valence-corrected chi connectivity index (χ1v) is 5.79. The molecule has 1 amide bonds. The Morgan fingerprint density at radius 1 is 1.56 bits per heavy atom. The van der Waals surface area contributed by atoms with Crippen molar-refractivity contribution in [1.29, 1.82) is 0 Å². The minimum Gasteiger partial charge on any atom is -0.356 e. The van der Waals surface area contributed by atoms with Gasteiger partial charge < -0.3 is 16.0 Å². The number of hydrogen-bond donors (Lipinski definition) is 3. The molecule has 0 aliphatic carbocycles. The van der Waals surface area contributed by atoms with Crippen molar-refractivity contribution in [3.8, 4) is 0 Å². The first-order chi connectivity index (χ1) is 7.50. The molecule has 0 atom stereocenters. The van der Waals surface area contributed by atoms with Crippen LogP contribution >= 0.6 is 11.6 Å². The van der Waals surface area contributed by atoms with Crippen molar-refractivity contribution in [2.24, 2.45) is 5.73 Å². The second-order valence-corrected chi connectivity index (χ2v) is 4.42. The van der Waals surface area contributed by atoms with Gasteiger partial charge in [-0.15, -0.1) is 0 Å². The molecule has 90 valence electrons.